The van der Waals surface area contributed by atoms with E-state index in [1.54, 1.807) is 13.8 Å². The molecule has 34 heavy (non-hydrogen) atoms. The van der Waals surface area contributed by atoms with E-state index < -0.39 is 5.60 Å². The standard InChI is InChI=1S/C31H50O3/c1-20(9-8-15-28(4,5)21(2)32)25-12-13-26-24-11-10-23-19-31(34,22(3)33)18-17-29(23,6)27(24)14-16-30(25,26)7/h10,20,24-27,34H,8-9,11-19H2,1-7H3/t20-,24+,25-,26+,27+,29+,30-,31+/m1/s1. The lowest BCUT2D eigenvalue weighted by Crippen LogP contribution is -2.53. The van der Waals surface area contributed by atoms with E-state index in [2.05, 4.69) is 40.7 Å². The van der Waals surface area contributed by atoms with E-state index >= 15 is 0 Å². The molecule has 0 spiro atoms. The van der Waals surface area contributed by atoms with Crippen LogP contribution in [-0.4, -0.2) is 22.3 Å². The molecule has 4 aliphatic carbocycles. The van der Waals surface area contributed by atoms with Gasteiger partial charge in [0.05, 0.1) is 0 Å². The Hall–Kier alpha value is -0.960. The Morgan fingerprint density at radius 3 is 2.44 bits per heavy atom. The van der Waals surface area contributed by atoms with E-state index in [9.17, 15) is 14.7 Å². The molecule has 0 amide bonds. The van der Waals surface area contributed by atoms with E-state index in [1.807, 2.05) is 0 Å². The monoisotopic (exact) mass is 470 g/mol. The van der Waals surface area contributed by atoms with Crippen LogP contribution in [0.25, 0.3) is 0 Å². The first-order chi connectivity index (χ1) is 15.7. The SMILES string of the molecule is CC(=O)C(C)(C)CCC[C@@H](C)[C@H]1CC[C@H]2[C@@H]3CC=C4C[C@](O)(C(C)=O)CC[C@]4(C)[C@H]3CC[C@]12C. The molecule has 3 saturated carbocycles. The van der Waals surface area contributed by atoms with Gasteiger partial charge in [-0.1, -0.05) is 59.1 Å². The van der Waals surface area contributed by atoms with Gasteiger partial charge in [-0.15, -0.1) is 0 Å². The van der Waals surface area contributed by atoms with Crippen molar-refractivity contribution in [1.82, 2.24) is 0 Å². The zero-order valence-corrected chi connectivity index (χ0v) is 23.0. The van der Waals surface area contributed by atoms with Crippen molar-refractivity contribution in [2.45, 2.75) is 125 Å². The molecule has 1 N–H and O–H groups in total. The number of fused-ring (bicyclic) bond motifs is 5. The number of hydrogen-bond acceptors (Lipinski definition) is 3. The topological polar surface area (TPSA) is 54.4 Å². The average molecular weight is 471 g/mol. The number of hydrogen-bond donors (Lipinski definition) is 1. The summed E-state index contributed by atoms with van der Waals surface area (Å²) >= 11 is 0. The van der Waals surface area contributed by atoms with Crippen LogP contribution >= 0.6 is 0 Å². The summed E-state index contributed by atoms with van der Waals surface area (Å²) in [6, 6.07) is 0. The Kier molecular flexibility index (Phi) is 6.80. The summed E-state index contributed by atoms with van der Waals surface area (Å²) in [4.78, 5) is 24.1. The third kappa shape index (κ3) is 4.16. The molecule has 0 bridgehead atoms. The molecule has 0 aromatic rings. The van der Waals surface area contributed by atoms with Crippen LogP contribution in [0.5, 0.6) is 0 Å². The average Bonchev–Trinajstić information content (AvgIpc) is 3.11. The second kappa shape index (κ2) is 8.86. The molecule has 3 heteroatoms. The number of ketones is 2. The lowest BCUT2D eigenvalue weighted by molar-refractivity contribution is -0.140. The summed E-state index contributed by atoms with van der Waals surface area (Å²) in [6.07, 6.45) is 14.5. The zero-order chi connectivity index (χ0) is 25.1. The highest BCUT2D eigenvalue weighted by atomic mass is 16.3. The summed E-state index contributed by atoms with van der Waals surface area (Å²) in [5, 5.41) is 10.9. The smallest absolute Gasteiger partial charge is 0.161 e. The molecule has 8 atom stereocenters. The number of allylic oxidation sites excluding steroid dienone is 1. The molecule has 4 rings (SSSR count). The van der Waals surface area contributed by atoms with E-state index in [-0.39, 0.29) is 16.6 Å². The fourth-order valence-corrected chi connectivity index (χ4v) is 9.17. The fraction of sp³-hybridized carbons (Fsp3) is 0.871. The third-order valence-corrected chi connectivity index (χ3v) is 12.0. The molecule has 0 radical (unpaired) electrons. The third-order valence-electron chi connectivity index (χ3n) is 12.0. The Morgan fingerprint density at radius 2 is 1.79 bits per heavy atom. The van der Waals surface area contributed by atoms with Gasteiger partial charge in [-0.2, -0.15) is 0 Å². The molecular formula is C31H50O3. The summed E-state index contributed by atoms with van der Waals surface area (Å²) < 4.78 is 0. The van der Waals surface area contributed by atoms with Crippen molar-refractivity contribution in [1.29, 1.82) is 0 Å². The van der Waals surface area contributed by atoms with Crippen LogP contribution < -0.4 is 0 Å². The molecule has 4 aliphatic rings. The Labute approximate surface area is 208 Å². The largest absolute Gasteiger partial charge is 0.382 e. The number of aliphatic hydroxyl groups is 1. The van der Waals surface area contributed by atoms with Crippen molar-refractivity contribution in [3.8, 4) is 0 Å². The van der Waals surface area contributed by atoms with Gasteiger partial charge >= 0.3 is 0 Å². The highest BCUT2D eigenvalue weighted by molar-refractivity contribution is 5.85. The number of Topliss-reactive ketones (excluding diaryl/α,β-unsaturated/α-hetero) is 2. The number of rotatable bonds is 7. The molecule has 3 nitrogen and oxygen atoms in total. The molecular weight excluding hydrogens is 420 g/mol. The van der Waals surface area contributed by atoms with Gasteiger partial charge < -0.3 is 5.11 Å². The normalized spacial score (nSPS) is 42.8. The van der Waals surface area contributed by atoms with Crippen molar-refractivity contribution in [3.63, 3.8) is 0 Å². The zero-order valence-electron chi connectivity index (χ0n) is 23.0. The van der Waals surface area contributed by atoms with Crippen LogP contribution in [-0.2, 0) is 9.59 Å². The first-order valence-corrected chi connectivity index (χ1v) is 14.2. The van der Waals surface area contributed by atoms with Gasteiger partial charge in [0.1, 0.15) is 11.4 Å². The molecule has 0 aliphatic heterocycles. The van der Waals surface area contributed by atoms with E-state index in [0.29, 0.717) is 30.0 Å². The van der Waals surface area contributed by atoms with Crippen molar-refractivity contribution in [2.24, 2.45) is 45.8 Å². The number of carbonyl (C=O) groups excluding carboxylic acids is 2. The van der Waals surface area contributed by atoms with Crippen molar-refractivity contribution in [3.05, 3.63) is 11.6 Å². The minimum Gasteiger partial charge on any atom is -0.382 e. The van der Waals surface area contributed by atoms with Gasteiger partial charge in [-0.3, -0.25) is 9.59 Å². The molecule has 0 heterocycles. The summed E-state index contributed by atoms with van der Waals surface area (Å²) in [5.74, 6) is 4.03. The maximum atomic E-state index is 12.1. The Balaban J connectivity index is 1.46. The summed E-state index contributed by atoms with van der Waals surface area (Å²) in [5.41, 5.74) is 0.654. The van der Waals surface area contributed by atoms with E-state index in [1.165, 1.54) is 37.7 Å². The maximum Gasteiger partial charge on any atom is 0.161 e. The predicted octanol–water partition coefficient (Wildman–Crippen LogP) is 7.31. The van der Waals surface area contributed by atoms with Crippen molar-refractivity contribution >= 4 is 11.6 Å². The molecule has 0 aromatic heterocycles. The lowest BCUT2D eigenvalue weighted by atomic mass is 9.46. The first-order valence-electron chi connectivity index (χ1n) is 14.2. The minimum atomic E-state index is -1.13. The van der Waals surface area contributed by atoms with Crippen molar-refractivity contribution < 1.29 is 14.7 Å². The van der Waals surface area contributed by atoms with Crippen LogP contribution in [0.1, 0.15) is 119 Å². The Morgan fingerprint density at radius 1 is 1.09 bits per heavy atom. The molecule has 0 saturated heterocycles. The van der Waals surface area contributed by atoms with Crippen LogP contribution in [0.4, 0.5) is 0 Å². The van der Waals surface area contributed by atoms with E-state index in [0.717, 1.165) is 49.4 Å². The van der Waals surface area contributed by atoms with Gasteiger partial charge in [-0.05, 0) is 106 Å². The Bertz CT molecular complexity index is 855. The van der Waals surface area contributed by atoms with Gasteiger partial charge in [0.25, 0.3) is 0 Å². The number of carbonyl (C=O) groups is 2. The predicted molar refractivity (Wildman–Crippen MR) is 138 cm³/mol. The van der Waals surface area contributed by atoms with Crippen LogP contribution in [0, 0.1) is 45.8 Å². The van der Waals surface area contributed by atoms with Crippen LogP contribution in [0.2, 0.25) is 0 Å². The van der Waals surface area contributed by atoms with Crippen LogP contribution in [0.15, 0.2) is 11.6 Å². The van der Waals surface area contributed by atoms with Gasteiger partial charge in [0.15, 0.2) is 5.78 Å². The summed E-state index contributed by atoms with van der Waals surface area (Å²) in [6.45, 7) is 15.0. The first kappa shape index (κ1) is 26.1. The fourth-order valence-electron chi connectivity index (χ4n) is 9.17. The summed E-state index contributed by atoms with van der Waals surface area (Å²) in [7, 11) is 0. The minimum absolute atomic E-state index is 0.0619. The molecule has 192 valence electrons. The molecule has 0 aromatic carbocycles. The highest BCUT2D eigenvalue weighted by Gasteiger charge is 2.60. The van der Waals surface area contributed by atoms with Gasteiger partial charge in [-0.25, -0.2) is 0 Å². The quantitative estimate of drug-likeness (QED) is 0.397. The van der Waals surface area contributed by atoms with Gasteiger partial charge in [0, 0.05) is 11.8 Å². The van der Waals surface area contributed by atoms with Crippen LogP contribution in [0.3, 0.4) is 0 Å². The molecule has 0 unspecified atom stereocenters. The lowest BCUT2D eigenvalue weighted by Gasteiger charge is -2.59. The maximum absolute atomic E-state index is 12.1. The van der Waals surface area contributed by atoms with Gasteiger partial charge in [0.2, 0.25) is 0 Å². The molecule has 3 fully saturated rings. The second-order valence-electron chi connectivity index (χ2n) is 14.1. The second-order valence-corrected chi connectivity index (χ2v) is 14.1. The van der Waals surface area contributed by atoms with E-state index in [4.69, 9.17) is 0 Å². The van der Waals surface area contributed by atoms with Crippen molar-refractivity contribution in [2.75, 3.05) is 0 Å². The highest BCUT2D eigenvalue weighted by Crippen LogP contribution is 2.67.